The van der Waals surface area contributed by atoms with Gasteiger partial charge in [0.15, 0.2) is 0 Å². The highest BCUT2D eigenvalue weighted by Gasteiger charge is 2.62. The number of hydrogen-bond donors (Lipinski definition) is 1. The molecule has 2 aromatic carbocycles. The number of rotatable bonds is 6. The molecule has 0 radical (unpaired) electrons. The highest BCUT2D eigenvalue weighted by Crippen LogP contribution is 2.56. The number of carbonyl (C=O) groups is 2. The predicted octanol–water partition coefficient (Wildman–Crippen LogP) is 4.65. The van der Waals surface area contributed by atoms with Gasteiger partial charge in [-0.3, -0.25) is 9.59 Å². The van der Waals surface area contributed by atoms with Crippen LogP contribution in [-0.4, -0.2) is 30.1 Å². The Morgan fingerprint density at radius 3 is 2.62 bits per heavy atom. The number of halogens is 2. The van der Waals surface area contributed by atoms with E-state index in [9.17, 15) is 14.0 Å². The Kier molecular flexibility index (Phi) is 5.93. The standard InChI is InChI=1S/C25H23ClFNO4/c1-3-15-6-10-19-23(30)28(17-7-11-21(27)20(26)14-17)24(31)25(19,2)22(15)16-4-8-18(9-5-16)32-13-12-29/h3-9,11,14,19,22,29H,1,10,12-13H2,2H3/t19-,22+,25+/m0/s1. The van der Waals surface area contributed by atoms with E-state index in [0.717, 1.165) is 22.1 Å². The van der Waals surface area contributed by atoms with E-state index < -0.39 is 23.1 Å². The molecule has 2 amide bonds. The Hall–Kier alpha value is -2.96. The van der Waals surface area contributed by atoms with Crippen LogP contribution in [0.15, 0.2) is 66.8 Å². The van der Waals surface area contributed by atoms with E-state index in [4.69, 9.17) is 21.4 Å². The number of nitrogens with zero attached hydrogens (tertiary/aromatic N) is 1. The van der Waals surface area contributed by atoms with Crippen LogP contribution in [0.4, 0.5) is 10.1 Å². The summed E-state index contributed by atoms with van der Waals surface area (Å²) >= 11 is 5.92. The Labute approximate surface area is 190 Å². The molecule has 0 saturated carbocycles. The molecule has 32 heavy (non-hydrogen) atoms. The largest absolute Gasteiger partial charge is 0.491 e. The van der Waals surface area contributed by atoms with Crippen molar-refractivity contribution in [2.24, 2.45) is 11.3 Å². The molecule has 1 heterocycles. The predicted molar refractivity (Wildman–Crippen MR) is 120 cm³/mol. The first-order chi connectivity index (χ1) is 15.3. The van der Waals surface area contributed by atoms with Gasteiger partial charge in [0.1, 0.15) is 18.2 Å². The number of aliphatic hydroxyl groups is 1. The Morgan fingerprint density at radius 1 is 1.28 bits per heavy atom. The van der Waals surface area contributed by atoms with Gasteiger partial charge in [-0.05, 0) is 54.8 Å². The lowest BCUT2D eigenvalue weighted by atomic mass is 9.60. The fourth-order valence-electron chi connectivity index (χ4n) is 4.82. The number of aliphatic hydroxyl groups excluding tert-OH is 1. The van der Waals surface area contributed by atoms with Crippen molar-refractivity contribution >= 4 is 29.1 Å². The number of anilines is 1. The van der Waals surface area contributed by atoms with Crippen molar-refractivity contribution in [1.29, 1.82) is 0 Å². The molecule has 1 aliphatic heterocycles. The lowest BCUT2D eigenvalue weighted by molar-refractivity contribution is -0.127. The van der Waals surface area contributed by atoms with Gasteiger partial charge in [0, 0.05) is 5.92 Å². The molecule has 0 bridgehead atoms. The van der Waals surface area contributed by atoms with Gasteiger partial charge < -0.3 is 9.84 Å². The lowest BCUT2D eigenvalue weighted by Crippen LogP contribution is -2.41. The van der Waals surface area contributed by atoms with Crippen LogP contribution in [-0.2, 0) is 9.59 Å². The zero-order valence-electron chi connectivity index (χ0n) is 17.6. The van der Waals surface area contributed by atoms with Crippen LogP contribution in [0.5, 0.6) is 5.75 Å². The number of imide groups is 1. The summed E-state index contributed by atoms with van der Waals surface area (Å²) in [5.74, 6) is -1.67. The molecule has 166 valence electrons. The van der Waals surface area contributed by atoms with E-state index in [1.807, 2.05) is 18.2 Å². The SMILES string of the molecule is C=CC1=CC[C@H]2C(=O)N(c3ccc(F)c(Cl)c3)C(=O)[C@@]2(C)[C@H]1c1ccc(OCCO)cc1. The summed E-state index contributed by atoms with van der Waals surface area (Å²) in [6.07, 6.45) is 4.08. The molecular formula is C25H23ClFNO4. The molecular weight excluding hydrogens is 433 g/mol. The van der Waals surface area contributed by atoms with Crippen LogP contribution in [0.1, 0.15) is 24.8 Å². The smallest absolute Gasteiger partial charge is 0.241 e. The van der Waals surface area contributed by atoms with Gasteiger partial charge >= 0.3 is 0 Å². The second kappa shape index (κ2) is 8.52. The average molecular weight is 456 g/mol. The first-order valence-electron chi connectivity index (χ1n) is 10.3. The van der Waals surface area contributed by atoms with Crippen LogP contribution >= 0.6 is 11.6 Å². The van der Waals surface area contributed by atoms with Crippen molar-refractivity contribution in [1.82, 2.24) is 0 Å². The van der Waals surface area contributed by atoms with Gasteiger partial charge in [-0.2, -0.15) is 0 Å². The summed E-state index contributed by atoms with van der Waals surface area (Å²) < 4.78 is 19.1. The number of amides is 2. The highest BCUT2D eigenvalue weighted by atomic mass is 35.5. The van der Waals surface area contributed by atoms with Crippen molar-refractivity contribution in [2.45, 2.75) is 19.3 Å². The Morgan fingerprint density at radius 2 is 2.00 bits per heavy atom. The summed E-state index contributed by atoms with van der Waals surface area (Å²) in [5, 5.41) is 8.80. The molecule has 0 aromatic heterocycles. The second-order valence-electron chi connectivity index (χ2n) is 8.13. The molecule has 2 aromatic rings. The van der Waals surface area contributed by atoms with E-state index in [2.05, 4.69) is 6.58 Å². The van der Waals surface area contributed by atoms with Crippen molar-refractivity contribution in [2.75, 3.05) is 18.1 Å². The highest BCUT2D eigenvalue weighted by molar-refractivity contribution is 6.31. The number of ether oxygens (including phenoxy) is 1. The zero-order valence-corrected chi connectivity index (χ0v) is 18.3. The quantitative estimate of drug-likeness (QED) is 0.644. The molecule has 1 aliphatic carbocycles. The topological polar surface area (TPSA) is 66.8 Å². The van der Waals surface area contributed by atoms with E-state index in [0.29, 0.717) is 12.2 Å². The van der Waals surface area contributed by atoms with E-state index in [1.165, 1.54) is 12.1 Å². The number of carbonyl (C=O) groups excluding carboxylic acids is 2. The van der Waals surface area contributed by atoms with Gasteiger partial charge in [-0.25, -0.2) is 9.29 Å². The third kappa shape index (κ3) is 3.44. The van der Waals surface area contributed by atoms with Crippen LogP contribution in [0.2, 0.25) is 5.02 Å². The van der Waals surface area contributed by atoms with Gasteiger partial charge in [-0.1, -0.05) is 42.5 Å². The fourth-order valence-corrected chi connectivity index (χ4v) is 4.99. The average Bonchev–Trinajstić information content (AvgIpc) is 2.99. The van der Waals surface area contributed by atoms with Crippen molar-refractivity contribution in [3.63, 3.8) is 0 Å². The molecule has 7 heteroatoms. The second-order valence-corrected chi connectivity index (χ2v) is 8.54. The van der Waals surface area contributed by atoms with Gasteiger partial charge in [0.05, 0.1) is 28.6 Å². The van der Waals surface area contributed by atoms with Crippen LogP contribution in [0.25, 0.3) is 0 Å². The van der Waals surface area contributed by atoms with Gasteiger partial charge in [-0.15, -0.1) is 0 Å². The van der Waals surface area contributed by atoms with Gasteiger partial charge in [0.25, 0.3) is 0 Å². The molecule has 1 N–H and O–H groups in total. The van der Waals surface area contributed by atoms with Gasteiger partial charge in [0.2, 0.25) is 11.8 Å². The Bertz CT molecular complexity index is 1110. The molecule has 4 rings (SSSR count). The first-order valence-corrected chi connectivity index (χ1v) is 10.7. The first kappa shape index (κ1) is 22.2. The molecule has 2 aliphatic rings. The number of allylic oxidation sites excluding steroid dienone is 3. The van der Waals surface area contributed by atoms with E-state index in [-0.39, 0.29) is 35.7 Å². The van der Waals surface area contributed by atoms with Crippen LogP contribution < -0.4 is 9.64 Å². The summed E-state index contributed by atoms with van der Waals surface area (Å²) in [5.41, 5.74) is 0.922. The summed E-state index contributed by atoms with van der Waals surface area (Å²) in [4.78, 5) is 28.3. The maximum absolute atomic E-state index is 13.8. The van der Waals surface area contributed by atoms with E-state index >= 15 is 0 Å². The molecule has 1 fully saturated rings. The zero-order chi connectivity index (χ0) is 23.0. The summed E-state index contributed by atoms with van der Waals surface area (Å²) in [6.45, 7) is 5.82. The fraction of sp³-hybridized carbons (Fsp3) is 0.280. The molecule has 0 spiro atoms. The number of fused-ring (bicyclic) bond motifs is 1. The summed E-state index contributed by atoms with van der Waals surface area (Å²) in [6, 6.07) is 11.1. The van der Waals surface area contributed by atoms with Crippen LogP contribution in [0.3, 0.4) is 0 Å². The van der Waals surface area contributed by atoms with Crippen LogP contribution in [0, 0.1) is 17.2 Å². The molecule has 5 nitrogen and oxygen atoms in total. The minimum atomic E-state index is -1.05. The monoisotopic (exact) mass is 455 g/mol. The van der Waals surface area contributed by atoms with Crippen molar-refractivity contribution in [3.05, 3.63) is 83.2 Å². The number of hydrogen-bond acceptors (Lipinski definition) is 4. The Balaban J connectivity index is 1.77. The molecule has 0 unspecified atom stereocenters. The molecule has 3 atom stereocenters. The third-order valence-corrected chi connectivity index (χ3v) is 6.69. The maximum Gasteiger partial charge on any atom is 0.241 e. The summed E-state index contributed by atoms with van der Waals surface area (Å²) in [7, 11) is 0. The lowest BCUT2D eigenvalue weighted by Gasteiger charge is -2.40. The third-order valence-electron chi connectivity index (χ3n) is 6.40. The molecule has 1 saturated heterocycles. The number of benzene rings is 2. The van der Waals surface area contributed by atoms with Crippen molar-refractivity contribution < 1.29 is 23.8 Å². The minimum Gasteiger partial charge on any atom is -0.491 e. The normalized spacial score (nSPS) is 24.9. The van der Waals surface area contributed by atoms with E-state index in [1.54, 1.807) is 25.1 Å². The minimum absolute atomic E-state index is 0.0900. The maximum atomic E-state index is 13.8. The van der Waals surface area contributed by atoms with Crippen molar-refractivity contribution in [3.8, 4) is 5.75 Å².